The number of hydrogen-bond acceptors (Lipinski definition) is 1. The van der Waals surface area contributed by atoms with Crippen LogP contribution in [0.4, 0.5) is 8.78 Å². The van der Waals surface area contributed by atoms with Crippen molar-refractivity contribution in [3.63, 3.8) is 0 Å². The molecule has 1 nitrogen and oxygen atoms in total. The molecule has 3 heteroatoms. The summed E-state index contributed by atoms with van der Waals surface area (Å²) in [6.45, 7) is 0. The van der Waals surface area contributed by atoms with Crippen molar-refractivity contribution >= 4 is 0 Å². The molecule has 18 heavy (non-hydrogen) atoms. The Balaban J connectivity index is 1.59. The summed E-state index contributed by atoms with van der Waals surface area (Å²) in [5, 5.41) is 0. The number of rotatable bonds is 2. The first-order valence-corrected chi connectivity index (χ1v) is 6.87. The fourth-order valence-electron chi connectivity index (χ4n) is 4.86. The SMILES string of the molecule is NC(c1cc(F)cc(F)c1)C1C2C3CCC(C3)C21. The zero-order valence-corrected chi connectivity index (χ0v) is 10.2. The van der Waals surface area contributed by atoms with Gasteiger partial charge in [-0.1, -0.05) is 0 Å². The molecule has 0 heterocycles. The van der Waals surface area contributed by atoms with Crippen molar-refractivity contribution in [1.82, 2.24) is 0 Å². The lowest BCUT2D eigenvalue weighted by Crippen LogP contribution is -2.17. The molecule has 0 aromatic heterocycles. The first kappa shape index (κ1) is 10.9. The van der Waals surface area contributed by atoms with Gasteiger partial charge in [-0.3, -0.25) is 0 Å². The third kappa shape index (κ3) is 1.40. The van der Waals surface area contributed by atoms with Gasteiger partial charge in [-0.15, -0.1) is 0 Å². The van der Waals surface area contributed by atoms with E-state index in [1.54, 1.807) is 0 Å². The third-order valence-electron chi connectivity index (χ3n) is 5.48. The Labute approximate surface area is 105 Å². The molecule has 3 saturated carbocycles. The van der Waals surface area contributed by atoms with Gasteiger partial charge >= 0.3 is 0 Å². The summed E-state index contributed by atoms with van der Waals surface area (Å²) in [6, 6.07) is 3.51. The molecule has 96 valence electrons. The highest BCUT2D eigenvalue weighted by Gasteiger charge is 2.66. The largest absolute Gasteiger partial charge is 0.324 e. The Morgan fingerprint density at radius 1 is 1.00 bits per heavy atom. The fraction of sp³-hybridized carbons (Fsp3) is 0.600. The van der Waals surface area contributed by atoms with Gasteiger partial charge in [0.2, 0.25) is 0 Å². The van der Waals surface area contributed by atoms with Gasteiger partial charge in [0, 0.05) is 12.1 Å². The highest BCUT2D eigenvalue weighted by atomic mass is 19.1. The molecule has 5 unspecified atom stereocenters. The van der Waals surface area contributed by atoms with E-state index in [1.807, 2.05) is 0 Å². The van der Waals surface area contributed by atoms with Gasteiger partial charge in [-0.05, 0) is 66.5 Å². The molecule has 0 radical (unpaired) electrons. The monoisotopic (exact) mass is 249 g/mol. The maximum Gasteiger partial charge on any atom is 0.126 e. The van der Waals surface area contributed by atoms with Gasteiger partial charge in [-0.2, -0.15) is 0 Å². The molecule has 1 aromatic carbocycles. The van der Waals surface area contributed by atoms with Crippen LogP contribution in [-0.2, 0) is 0 Å². The first-order chi connectivity index (χ1) is 8.65. The maximum absolute atomic E-state index is 13.2. The molecule has 0 saturated heterocycles. The predicted molar refractivity (Wildman–Crippen MR) is 64.6 cm³/mol. The molecule has 0 amide bonds. The third-order valence-corrected chi connectivity index (χ3v) is 5.48. The summed E-state index contributed by atoms with van der Waals surface area (Å²) in [4.78, 5) is 0. The van der Waals surface area contributed by atoms with Gasteiger partial charge in [0.15, 0.2) is 0 Å². The molecule has 0 spiro atoms. The zero-order chi connectivity index (χ0) is 12.4. The predicted octanol–water partition coefficient (Wildman–Crippen LogP) is 3.26. The Hall–Kier alpha value is -0.960. The van der Waals surface area contributed by atoms with Crippen LogP contribution in [0.1, 0.15) is 30.9 Å². The number of halogens is 2. The second kappa shape index (κ2) is 3.53. The Morgan fingerprint density at radius 2 is 1.56 bits per heavy atom. The molecule has 4 rings (SSSR count). The van der Waals surface area contributed by atoms with Gasteiger partial charge in [0.1, 0.15) is 11.6 Å². The van der Waals surface area contributed by atoms with Crippen LogP contribution in [0.15, 0.2) is 18.2 Å². The van der Waals surface area contributed by atoms with Gasteiger partial charge in [0.05, 0.1) is 0 Å². The van der Waals surface area contributed by atoms with Crippen LogP contribution in [-0.4, -0.2) is 0 Å². The van der Waals surface area contributed by atoms with Crippen molar-refractivity contribution in [3.8, 4) is 0 Å². The molecular weight excluding hydrogens is 232 g/mol. The number of benzene rings is 1. The zero-order valence-electron chi connectivity index (χ0n) is 10.2. The molecule has 0 aliphatic heterocycles. The molecule has 3 aliphatic carbocycles. The van der Waals surface area contributed by atoms with E-state index in [0.29, 0.717) is 11.5 Å². The van der Waals surface area contributed by atoms with Crippen molar-refractivity contribution < 1.29 is 8.78 Å². The van der Waals surface area contributed by atoms with Gasteiger partial charge in [0.25, 0.3) is 0 Å². The number of nitrogens with two attached hydrogens (primary N) is 1. The Morgan fingerprint density at radius 3 is 2.11 bits per heavy atom. The van der Waals surface area contributed by atoms with Crippen molar-refractivity contribution in [2.75, 3.05) is 0 Å². The smallest absolute Gasteiger partial charge is 0.126 e. The molecule has 1 aromatic rings. The van der Waals surface area contributed by atoms with Gasteiger partial charge < -0.3 is 5.73 Å². The summed E-state index contributed by atoms with van der Waals surface area (Å²) in [5.74, 6) is 2.60. The summed E-state index contributed by atoms with van der Waals surface area (Å²) in [5.41, 5.74) is 6.88. The minimum atomic E-state index is -0.519. The number of fused-ring (bicyclic) bond motifs is 5. The van der Waals surface area contributed by atoms with Crippen LogP contribution in [0.3, 0.4) is 0 Å². The summed E-state index contributed by atoms with van der Waals surface area (Å²) in [7, 11) is 0. The quantitative estimate of drug-likeness (QED) is 0.855. The highest BCUT2D eigenvalue weighted by molar-refractivity contribution is 5.27. The molecular formula is C15H17F2N. The Bertz CT molecular complexity index is 465. The van der Waals surface area contributed by atoms with E-state index in [1.165, 1.54) is 31.4 Å². The van der Waals surface area contributed by atoms with E-state index in [-0.39, 0.29) is 6.04 Å². The molecule has 2 N–H and O–H groups in total. The van der Waals surface area contributed by atoms with Crippen LogP contribution < -0.4 is 5.73 Å². The van der Waals surface area contributed by atoms with E-state index >= 15 is 0 Å². The average Bonchev–Trinajstić information content (AvgIpc) is 2.74. The minimum Gasteiger partial charge on any atom is -0.324 e. The first-order valence-electron chi connectivity index (χ1n) is 6.87. The second-order valence-electron chi connectivity index (χ2n) is 6.29. The van der Waals surface area contributed by atoms with Crippen molar-refractivity contribution in [2.24, 2.45) is 35.3 Å². The minimum absolute atomic E-state index is 0.186. The highest BCUT2D eigenvalue weighted by Crippen LogP contribution is 2.71. The van der Waals surface area contributed by atoms with E-state index < -0.39 is 11.6 Å². The average molecular weight is 249 g/mol. The fourth-order valence-corrected chi connectivity index (χ4v) is 4.86. The molecule has 3 fully saturated rings. The summed E-state index contributed by atoms with van der Waals surface area (Å²) >= 11 is 0. The standard InChI is InChI=1S/C15H17F2N/c16-10-4-9(5-11(17)6-10)15(18)14-12-7-1-2-8(3-7)13(12)14/h4-8,12-15H,1-3,18H2. The summed E-state index contributed by atoms with van der Waals surface area (Å²) < 4.78 is 26.5. The van der Waals surface area contributed by atoms with Crippen LogP contribution >= 0.6 is 0 Å². The topological polar surface area (TPSA) is 26.0 Å². The van der Waals surface area contributed by atoms with Gasteiger partial charge in [-0.25, -0.2) is 8.78 Å². The van der Waals surface area contributed by atoms with Crippen molar-refractivity contribution in [2.45, 2.75) is 25.3 Å². The normalized spacial score (nSPS) is 41.8. The maximum atomic E-state index is 13.2. The van der Waals surface area contributed by atoms with E-state index in [4.69, 9.17) is 5.73 Å². The van der Waals surface area contributed by atoms with E-state index in [9.17, 15) is 8.78 Å². The lowest BCUT2D eigenvalue weighted by atomic mass is 9.93. The van der Waals surface area contributed by atoms with E-state index in [2.05, 4.69) is 0 Å². The molecule has 2 bridgehead atoms. The number of hydrogen-bond donors (Lipinski definition) is 1. The molecule has 5 atom stereocenters. The Kier molecular flexibility index (Phi) is 2.14. The van der Waals surface area contributed by atoms with Crippen LogP contribution in [0.5, 0.6) is 0 Å². The lowest BCUT2D eigenvalue weighted by Gasteiger charge is -2.16. The summed E-state index contributed by atoms with van der Waals surface area (Å²) in [6.07, 6.45) is 4.05. The van der Waals surface area contributed by atoms with Crippen LogP contribution in [0.2, 0.25) is 0 Å². The van der Waals surface area contributed by atoms with E-state index in [0.717, 1.165) is 29.7 Å². The van der Waals surface area contributed by atoms with Crippen molar-refractivity contribution in [3.05, 3.63) is 35.4 Å². The molecule has 3 aliphatic rings. The lowest BCUT2D eigenvalue weighted by molar-refractivity contribution is 0.415. The van der Waals surface area contributed by atoms with Crippen LogP contribution in [0.25, 0.3) is 0 Å². The van der Waals surface area contributed by atoms with Crippen LogP contribution in [0, 0.1) is 41.2 Å². The van der Waals surface area contributed by atoms with Crippen molar-refractivity contribution in [1.29, 1.82) is 0 Å². The second-order valence-corrected chi connectivity index (χ2v) is 6.29.